The van der Waals surface area contributed by atoms with E-state index in [0.717, 1.165) is 11.9 Å². The summed E-state index contributed by atoms with van der Waals surface area (Å²) in [6, 6.07) is 15.4. The van der Waals surface area contributed by atoms with Crippen molar-refractivity contribution in [3.63, 3.8) is 0 Å². The molecule has 2 aromatic carbocycles. The molecule has 0 aliphatic heterocycles. The van der Waals surface area contributed by atoms with E-state index in [1.54, 1.807) is 19.2 Å². The molecule has 0 radical (unpaired) electrons. The van der Waals surface area contributed by atoms with Gasteiger partial charge in [0.05, 0.1) is 12.7 Å². The van der Waals surface area contributed by atoms with E-state index in [1.165, 1.54) is 23.3 Å². The van der Waals surface area contributed by atoms with E-state index in [4.69, 9.17) is 4.74 Å². The molecule has 2 heterocycles. The summed E-state index contributed by atoms with van der Waals surface area (Å²) >= 11 is 0. The maximum Gasteiger partial charge on any atom is 0.258 e. The number of carbonyl (C=O) groups is 1. The van der Waals surface area contributed by atoms with Gasteiger partial charge in [0.1, 0.15) is 5.75 Å². The van der Waals surface area contributed by atoms with Crippen LogP contribution >= 0.6 is 0 Å². The molecular formula is C22H21N5O2. The normalized spacial score (nSPS) is 10.7. The van der Waals surface area contributed by atoms with E-state index in [0.29, 0.717) is 29.5 Å². The van der Waals surface area contributed by atoms with Crippen molar-refractivity contribution < 1.29 is 9.53 Å². The number of para-hydroxylation sites is 1. The molecule has 7 heteroatoms. The summed E-state index contributed by atoms with van der Waals surface area (Å²) in [5.74, 6) is 0.889. The van der Waals surface area contributed by atoms with Crippen molar-refractivity contribution in [1.29, 1.82) is 0 Å². The fourth-order valence-corrected chi connectivity index (χ4v) is 3.09. The molecule has 1 amide bonds. The number of fused-ring (bicyclic) bond motifs is 1. The summed E-state index contributed by atoms with van der Waals surface area (Å²) in [4.78, 5) is 24.1. The van der Waals surface area contributed by atoms with Crippen molar-refractivity contribution in [2.24, 2.45) is 0 Å². The molecule has 0 aliphatic rings. The van der Waals surface area contributed by atoms with Gasteiger partial charge in [0, 0.05) is 47.8 Å². The number of anilines is 2. The first-order valence-corrected chi connectivity index (χ1v) is 9.29. The standard InChI is InChI=1S/C22H21N5O2/c1-29-18-6-4-5-17(11-18)27-21(28)16-13-25-22(26-14-16)23-10-9-15-12-24-20-8-3-2-7-19(15)20/h2-8,11-14,24H,9-10H2,1H3,(H,27,28)(H,23,25,26). The Morgan fingerprint density at radius 2 is 1.93 bits per heavy atom. The monoisotopic (exact) mass is 387 g/mol. The van der Waals surface area contributed by atoms with Gasteiger partial charge in [0.15, 0.2) is 0 Å². The van der Waals surface area contributed by atoms with Gasteiger partial charge in [-0.2, -0.15) is 0 Å². The summed E-state index contributed by atoms with van der Waals surface area (Å²) in [5.41, 5.74) is 3.40. The largest absolute Gasteiger partial charge is 0.497 e. The Hall–Kier alpha value is -3.87. The van der Waals surface area contributed by atoms with E-state index in [9.17, 15) is 4.79 Å². The van der Waals surface area contributed by atoms with E-state index in [1.807, 2.05) is 30.5 Å². The zero-order valence-corrected chi connectivity index (χ0v) is 16.0. The molecule has 0 bridgehead atoms. The van der Waals surface area contributed by atoms with E-state index < -0.39 is 0 Å². The quantitative estimate of drug-likeness (QED) is 0.448. The summed E-state index contributed by atoms with van der Waals surface area (Å²) in [7, 11) is 1.58. The number of aromatic nitrogens is 3. The molecular weight excluding hydrogens is 366 g/mol. The van der Waals surface area contributed by atoms with Crippen molar-refractivity contribution in [3.05, 3.63) is 78.2 Å². The first-order chi connectivity index (χ1) is 14.2. The highest BCUT2D eigenvalue weighted by Gasteiger charge is 2.09. The van der Waals surface area contributed by atoms with Crippen LogP contribution < -0.4 is 15.4 Å². The number of benzene rings is 2. The number of amides is 1. The van der Waals surface area contributed by atoms with E-state index >= 15 is 0 Å². The highest BCUT2D eigenvalue weighted by atomic mass is 16.5. The summed E-state index contributed by atoms with van der Waals surface area (Å²) in [6.07, 6.45) is 5.89. The third kappa shape index (κ3) is 4.35. The summed E-state index contributed by atoms with van der Waals surface area (Å²) in [6.45, 7) is 0.692. The molecule has 146 valence electrons. The Bertz CT molecular complexity index is 1120. The third-order valence-corrected chi connectivity index (χ3v) is 4.59. The van der Waals surface area contributed by atoms with Crippen LogP contribution in [-0.4, -0.2) is 34.5 Å². The van der Waals surface area contributed by atoms with Crippen LogP contribution in [0.1, 0.15) is 15.9 Å². The number of aromatic amines is 1. The number of nitrogens with one attached hydrogen (secondary N) is 3. The van der Waals surface area contributed by atoms with E-state index in [2.05, 4.69) is 37.7 Å². The van der Waals surface area contributed by atoms with Crippen LogP contribution in [0.3, 0.4) is 0 Å². The number of ether oxygens (including phenoxy) is 1. The van der Waals surface area contributed by atoms with Crippen molar-refractivity contribution in [1.82, 2.24) is 15.0 Å². The lowest BCUT2D eigenvalue weighted by Crippen LogP contribution is -2.14. The van der Waals surface area contributed by atoms with Crippen LogP contribution in [-0.2, 0) is 6.42 Å². The molecule has 4 rings (SSSR count). The molecule has 7 nitrogen and oxygen atoms in total. The minimum Gasteiger partial charge on any atom is -0.497 e. The fourth-order valence-electron chi connectivity index (χ4n) is 3.09. The zero-order chi connectivity index (χ0) is 20.1. The van der Waals surface area contributed by atoms with Crippen LogP contribution in [0.2, 0.25) is 0 Å². The predicted molar refractivity (Wildman–Crippen MR) is 113 cm³/mol. The lowest BCUT2D eigenvalue weighted by molar-refractivity contribution is 0.102. The summed E-state index contributed by atoms with van der Waals surface area (Å²) < 4.78 is 5.16. The fraction of sp³-hybridized carbons (Fsp3) is 0.136. The molecule has 0 atom stereocenters. The van der Waals surface area contributed by atoms with Gasteiger partial charge >= 0.3 is 0 Å². The molecule has 0 aliphatic carbocycles. The van der Waals surface area contributed by atoms with Crippen LogP contribution in [0.25, 0.3) is 10.9 Å². The Labute approximate surface area is 168 Å². The number of rotatable bonds is 7. The Morgan fingerprint density at radius 3 is 2.76 bits per heavy atom. The maximum absolute atomic E-state index is 12.4. The number of methoxy groups -OCH3 is 1. The highest BCUT2D eigenvalue weighted by molar-refractivity contribution is 6.04. The van der Waals surface area contributed by atoms with Gasteiger partial charge in [-0.05, 0) is 30.2 Å². The van der Waals surface area contributed by atoms with Gasteiger partial charge in [-0.15, -0.1) is 0 Å². The van der Waals surface area contributed by atoms with Crippen LogP contribution in [0.15, 0.2) is 67.1 Å². The Kier molecular flexibility index (Phi) is 5.38. The van der Waals surface area contributed by atoms with Gasteiger partial charge in [-0.25, -0.2) is 9.97 Å². The third-order valence-electron chi connectivity index (χ3n) is 4.59. The Balaban J connectivity index is 1.33. The molecule has 0 saturated carbocycles. The van der Waals surface area contributed by atoms with Crippen molar-refractivity contribution in [3.8, 4) is 5.75 Å². The molecule has 4 aromatic rings. The predicted octanol–water partition coefficient (Wildman–Crippen LogP) is 3.87. The van der Waals surface area contributed by atoms with Gasteiger partial charge in [-0.3, -0.25) is 4.79 Å². The average molecular weight is 387 g/mol. The number of hydrogen-bond donors (Lipinski definition) is 3. The number of H-pyrrole nitrogens is 1. The van der Waals surface area contributed by atoms with Crippen LogP contribution in [0.5, 0.6) is 5.75 Å². The molecule has 2 aromatic heterocycles. The lowest BCUT2D eigenvalue weighted by atomic mass is 10.1. The molecule has 0 unspecified atom stereocenters. The SMILES string of the molecule is COc1cccc(NC(=O)c2cnc(NCCc3c[nH]c4ccccc34)nc2)c1. The van der Waals surface area contributed by atoms with Crippen molar-refractivity contribution in [2.75, 3.05) is 24.3 Å². The molecule has 0 fully saturated rings. The van der Waals surface area contributed by atoms with Crippen LogP contribution in [0.4, 0.5) is 11.6 Å². The average Bonchev–Trinajstić information content (AvgIpc) is 3.17. The second-order valence-corrected chi connectivity index (χ2v) is 6.52. The molecule has 0 saturated heterocycles. The smallest absolute Gasteiger partial charge is 0.258 e. The minimum atomic E-state index is -0.274. The zero-order valence-electron chi connectivity index (χ0n) is 16.0. The van der Waals surface area contributed by atoms with Gasteiger partial charge in [0.2, 0.25) is 5.95 Å². The van der Waals surface area contributed by atoms with Crippen molar-refractivity contribution >= 4 is 28.4 Å². The minimum absolute atomic E-state index is 0.274. The number of hydrogen-bond acceptors (Lipinski definition) is 5. The second kappa shape index (κ2) is 8.43. The maximum atomic E-state index is 12.4. The first-order valence-electron chi connectivity index (χ1n) is 9.29. The topological polar surface area (TPSA) is 91.9 Å². The highest BCUT2D eigenvalue weighted by Crippen LogP contribution is 2.19. The van der Waals surface area contributed by atoms with Crippen molar-refractivity contribution in [2.45, 2.75) is 6.42 Å². The number of carbonyl (C=O) groups excluding carboxylic acids is 1. The van der Waals surface area contributed by atoms with Gasteiger partial charge in [0.25, 0.3) is 5.91 Å². The Morgan fingerprint density at radius 1 is 1.10 bits per heavy atom. The molecule has 0 spiro atoms. The van der Waals surface area contributed by atoms with E-state index in [-0.39, 0.29) is 5.91 Å². The lowest BCUT2D eigenvalue weighted by Gasteiger charge is -2.08. The van der Waals surface area contributed by atoms with Gasteiger partial charge in [-0.1, -0.05) is 24.3 Å². The summed E-state index contributed by atoms with van der Waals surface area (Å²) in [5, 5.41) is 7.22. The van der Waals surface area contributed by atoms with Gasteiger partial charge < -0.3 is 20.4 Å². The molecule has 29 heavy (non-hydrogen) atoms. The first kappa shape index (κ1) is 18.5. The second-order valence-electron chi connectivity index (χ2n) is 6.52. The molecule has 3 N–H and O–H groups in total. The van der Waals surface area contributed by atoms with Crippen LogP contribution in [0, 0.1) is 0 Å². The number of nitrogens with zero attached hydrogens (tertiary/aromatic N) is 2.